The summed E-state index contributed by atoms with van der Waals surface area (Å²) in [7, 11) is 3.45. The maximum absolute atomic E-state index is 14.0. The number of rotatable bonds is 5. The highest BCUT2D eigenvalue weighted by Gasteiger charge is 2.33. The fourth-order valence-electron chi connectivity index (χ4n) is 3.92. The second-order valence-corrected chi connectivity index (χ2v) is 7.59. The van der Waals surface area contributed by atoms with Crippen LogP contribution in [0.2, 0.25) is 0 Å². The molecular weight excluding hydrogens is 381 g/mol. The minimum atomic E-state index is -0.263. The van der Waals surface area contributed by atoms with E-state index in [1.54, 1.807) is 34.9 Å². The Labute approximate surface area is 177 Å². The second-order valence-electron chi connectivity index (χ2n) is 7.59. The number of carbonyl (C=O) groups excluding carboxylic acids is 1. The normalized spacial score (nSPS) is 17.0. The van der Waals surface area contributed by atoms with Crippen molar-refractivity contribution in [1.29, 1.82) is 0 Å². The Morgan fingerprint density at radius 3 is 2.70 bits per heavy atom. The number of fused-ring (bicyclic) bond motifs is 1. The first-order chi connectivity index (χ1) is 14.3. The van der Waals surface area contributed by atoms with Crippen LogP contribution in [-0.4, -0.2) is 34.2 Å². The summed E-state index contributed by atoms with van der Waals surface area (Å²) in [4.78, 5) is 14.9. The van der Waals surface area contributed by atoms with Crippen LogP contribution in [0.3, 0.4) is 0 Å². The third-order valence-corrected chi connectivity index (χ3v) is 5.51. The van der Waals surface area contributed by atoms with Gasteiger partial charge >= 0.3 is 0 Å². The summed E-state index contributed by atoms with van der Waals surface area (Å²) in [6.45, 7) is 10.0. The number of aryl methyl sites for hydroxylation is 2. The molecule has 1 aromatic carbocycles. The zero-order valence-electron chi connectivity index (χ0n) is 18.2. The van der Waals surface area contributed by atoms with Crippen molar-refractivity contribution in [2.45, 2.75) is 33.2 Å². The molecule has 0 unspecified atom stereocenters. The highest BCUT2D eigenvalue weighted by molar-refractivity contribution is 5.96. The zero-order valence-corrected chi connectivity index (χ0v) is 18.2. The van der Waals surface area contributed by atoms with Crippen molar-refractivity contribution in [1.82, 2.24) is 14.7 Å². The van der Waals surface area contributed by atoms with Crippen LogP contribution >= 0.6 is 0 Å². The quantitative estimate of drug-likeness (QED) is 0.411. The first-order valence-electron chi connectivity index (χ1n) is 9.96. The Morgan fingerprint density at radius 2 is 2.07 bits per heavy atom. The van der Waals surface area contributed by atoms with Gasteiger partial charge in [0.25, 0.3) is 5.91 Å². The lowest BCUT2D eigenvalue weighted by Gasteiger charge is -2.33. The molecule has 0 saturated heterocycles. The summed E-state index contributed by atoms with van der Waals surface area (Å²) in [5, 5.41) is 4.70. The number of hydrogen-bond donors (Lipinski definition) is 0. The summed E-state index contributed by atoms with van der Waals surface area (Å²) in [6.07, 6.45) is 5.68. The average Bonchev–Trinajstić information content (AvgIpc) is 3.04. The molecule has 1 aliphatic heterocycles. The van der Waals surface area contributed by atoms with Gasteiger partial charge in [0.1, 0.15) is 5.82 Å². The van der Waals surface area contributed by atoms with Crippen molar-refractivity contribution in [2.24, 2.45) is 7.05 Å². The van der Waals surface area contributed by atoms with Crippen LogP contribution in [0.5, 0.6) is 0 Å². The maximum Gasteiger partial charge on any atom is 0.254 e. The molecule has 1 aliphatic rings. The highest BCUT2D eigenvalue weighted by atomic mass is 19.1. The predicted octanol–water partition coefficient (Wildman–Crippen LogP) is 4.64. The number of nitrogens with zero attached hydrogens (tertiary/aromatic N) is 3. The molecule has 0 bridgehead atoms. The molecule has 1 aromatic heterocycles. The molecule has 6 heteroatoms. The van der Waals surface area contributed by atoms with E-state index < -0.39 is 0 Å². The Kier molecular flexibility index (Phi) is 6.25. The van der Waals surface area contributed by atoms with Crippen molar-refractivity contribution in [3.05, 3.63) is 77.0 Å². The Morgan fingerprint density at radius 1 is 1.33 bits per heavy atom. The number of amides is 1. The van der Waals surface area contributed by atoms with Gasteiger partial charge in [0.2, 0.25) is 0 Å². The van der Waals surface area contributed by atoms with Gasteiger partial charge in [0.15, 0.2) is 0 Å². The summed E-state index contributed by atoms with van der Waals surface area (Å²) < 4.78 is 20.9. The largest absolute Gasteiger partial charge is 0.501 e. The number of ether oxygens (including phenoxy) is 1. The third kappa shape index (κ3) is 4.08. The van der Waals surface area contributed by atoms with Gasteiger partial charge in [-0.05, 0) is 63.1 Å². The number of aromatic nitrogens is 2. The van der Waals surface area contributed by atoms with Gasteiger partial charge in [0, 0.05) is 30.3 Å². The Balaban J connectivity index is 1.96. The van der Waals surface area contributed by atoms with Gasteiger partial charge in [-0.1, -0.05) is 12.7 Å². The Hall–Kier alpha value is -3.15. The van der Waals surface area contributed by atoms with Crippen LogP contribution in [0.15, 0.2) is 54.3 Å². The summed E-state index contributed by atoms with van der Waals surface area (Å²) >= 11 is 0. The average molecular weight is 410 g/mol. The van der Waals surface area contributed by atoms with E-state index in [4.69, 9.17) is 9.84 Å². The van der Waals surface area contributed by atoms with Crippen molar-refractivity contribution in [3.63, 3.8) is 0 Å². The van der Waals surface area contributed by atoms with Crippen molar-refractivity contribution < 1.29 is 13.9 Å². The lowest BCUT2D eigenvalue weighted by Crippen LogP contribution is -2.39. The van der Waals surface area contributed by atoms with E-state index >= 15 is 0 Å². The number of benzene rings is 1. The molecule has 0 saturated carbocycles. The molecule has 0 aliphatic carbocycles. The SMILES string of the molecule is C=C/C(=C\C=C(/C)OC)C(=O)N1CCc2c(nn(C)c2-c2cc(C)cc(F)c2)[C@@H]1C. The molecule has 5 nitrogen and oxygen atoms in total. The molecule has 0 N–H and O–H groups in total. The maximum atomic E-state index is 14.0. The van der Waals surface area contributed by atoms with Crippen molar-refractivity contribution in [3.8, 4) is 11.3 Å². The van der Waals surface area contributed by atoms with Crippen molar-refractivity contribution in [2.75, 3.05) is 13.7 Å². The first kappa shape index (κ1) is 21.6. The van der Waals surface area contributed by atoms with Gasteiger partial charge in [-0.15, -0.1) is 0 Å². The Bertz CT molecular complexity index is 1030. The summed E-state index contributed by atoms with van der Waals surface area (Å²) in [6, 6.07) is 4.81. The van der Waals surface area contributed by atoms with Gasteiger partial charge in [0.05, 0.1) is 30.3 Å². The van der Waals surface area contributed by atoms with Crippen LogP contribution in [0.25, 0.3) is 11.3 Å². The molecule has 0 spiro atoms. The highest BCUT2D eigenvalue weighted by Crippen LogP contribution is 2.36. The number of methoxy groups -OCH3 is 1. The fraction of sp³-hybridized carbons (Fsp3) is 0.333. The van der Waals surface area contributed by atoms with E-state index in [1.807, 2.05) is 33.9 Å². The van der Waals surface area contributed by atoms with Crippen LogP contribution in [0, 0.1) is 12.7 Å². The lowest BCUT2D eigenvalue weighted by atomic mass is 9.94. The summed E-state index contributed by atoms with van der Waals surface area (Å²) in [5.74, 6) is 0.341. The van der Waals surface area contributed by atoms with E-state index in [0.717, 1.165) is 28.1 Å². The summed E-state index contributed by atoms with van der Waals surface area (Å²) in [5.41, 5.74) is 4.99. The minimum absolute atomic E-state index is 0.0999. The number of halogens is 1. The monoisotopic (exact) mass is 409 g/mol. The van der Waals surface area contributed by atoms with E-state index in [9.17, 15) is 9.18 Å². The molecule has 2 aromatic rings. The van der Waals surface area contributed by atoms with Gasteiger partial charge in [-0.2, -0.15) is 5.10 Å². The topological polar surface area (TPSA) is 47.4 Å². The van der Waals surface area contributed by atoms with E-state index in [2.05, 4.69) is 6.58 Å². The van der Waals surface area contributed by atoms with E-state index in [1.165, 1.54) is 12.1 Å². The van der Waals surface area contributed by atoms with E-state index in [0.29, 0.717) is 24.3 Å². The van der Waals surface area contributed by atoms with Crippen LogP contribution < -0.4 is 0 Å². The number of allylic oxidation sites excluding steroid dienone is 3. The van der Waals surface area contributed by atoms with Crippen LogP contribution in [0.1, 0.15) is 36.7 Å². The minimum Gasteiger partial charge on any atom is -0.501 e. The molecule has 0 fully saturated rings. The van der Waals surface area contributed by atoms with Crippen LogP contribution in [0.4, 0.5) is 4.39 Å². The molecule has 1 atom stereocenters. The molecule has 1 amide bonds. The molecular formula is C24H28FN3O2. The van der Waals surface area contributed by atoms with E-state index in [-0.39, 0.29) is 17.8 Å². The van der Waals surface area contributed by atoms with Crippen LogP contribution in [-0.2, 0) is 23.0 Å². The third-order valence-electron chi connectivity index (χ3n) is 5.51. The van der Waals surface area contributed by atoms with Gasteiger partial charge in [-0.3, -0.25) is 9.48 Å². The molecule has 3 rings (SSSR count). The van der Waals surface area contributed by atoms with Gasteiger partial charge < -0.3 is 9.64 Å². The van der Waals surface area contributed by atoms with Crippen molar-refractivity contribution >= 4 is 5.91 Å². The second kappa shape index (κ2) is 8.69. The predicted molar refractivity (Wildman–Crippen MR) is 116 cm³/mol. The molecule has 2 heterocycles. The molecule has 0 radical (unpaired) electrons. The molecule has 30 heavy (non-hydrogen) atoms. The zero-order chi connectivity index (χ0) is 22.0. The molecule has 158 valence electrons. The fourth-order valence-corrected chi connectivity index (χ4v) is 3.92. The first-order valence-corrected chi connectivity index (χ1v) is 9.96. The smallest absolute Gasteiger partial charge is 0.254 e. The van der Waals surface area contributed by atoms with Gasteiger partial charge in [-0.25, -0.2) is 4.39 Å². The number of carbonyl (C=O) groups is 1. The standard InChI is InChI=1S/C24H28FN3O2/c1-7-18(9-8-16(3)30-6)24(29)28-11-10-21-22(17(28)4)26-27(5)23(21)19-12-15(2)13-20(25)14-19/h7-9,12-14,17H,1,10-11H2,2-6H3/b16-8+,18-9+/t17-/m0/s1. The lowest BCUT2D eigenvalue weighted by molar-refractivity contribution is -0.129. The number of hydrogen-bond acceptors (Lipinski definition) is 3.